The average molecular weight is 643 g/mol. The van der Waals surface area contributed by atoms with Crippen molar-refractivity contribution in [3.05, 3.63) is 35.4 Å². The van der Waals surface area contributed by atoms with Crippen molar-refractivity contribution in [2.24, 2.45) is 5.92 Å². The van der Waals surface area contributed by atoms with Crippen LogP contribution >= 0.6 is 0 Å². The van der Waals surface area contributed by atoms with E-state index in [9.17, 15) is 5.11 Å². The molecule has 0 aliphatic carbocycles. The summed E-state index contributed by atoms with van der Waals surface area (Å²) in [5.41, 5.74) is 1.52. The first-order chi connectivity index (χ1) is 21.0. The SMILES string of the molecule is CC[C@H](C)C(CC(O)c1c(COC)cc2c(OC)c3cccc(OC(C)C)c3c(OC)c2c1OC(C)C)O[Si](C)(C)C(C)(C)C. The molecule has 0 aromatic heterocycles. The Morgan fingerprint density at radius 2 is 1.44 bits per heavy atom. The van der Waals surface area contributed by atoms with Gasteiger partial charge in [-0.15, -0.1) is 0 Å². The van der Waals surface area contributed by atoms with E-state index in [0.29, 0.717) is 35.0 Å². The normalized spacial score (nSPS) is 14.7. The summed E-state index contributed by atoms with van der Waals surface area (Å²) in [4.78, 5) is 0. The van der Waals surface area contributed by atoms with Crippen LogP contribution in [0.15, 0.2) is 24.3 Å². The molecule has 252 valence electrons. The number of methoxy groups -OCH3 is 3. The van der Waals surface area contributed by atoms with Gasteiger partial charge in [0, 0.05) is 29.9 Å². The van der Waals surface area contributed by atoms with E-state index in [0.717, 1.165) is 33.5 Å². The predicted molar refractivity (Wildman–Crippen MR) is 188 cm³/mol. The number of rotatable bonds is 15. The minimum Gasteiger partial charge on any atom is -0.495 e. The molecule has 2 unspecified atom stereocenters. The Hall–Kier alpha value is -2.52. The van der Waals surface area contributed by atoms with Crippen molar-refractivity contribution >= 4 is 29.9 Å². The highest BCUT2D eigenvalue weighted by molar-refractivity contribution is 6.74. The van der Waals surface area contributed by atoms with Crippen LogP contribution in [0.5, 0.6) is 23.0 Å². The highest BCUT2D eigenvalue weighted by Gasteiger charge is 2.41. The summed E-state index contributed by atoms with van der Waals surface area (Å²) >= 11 is 0. The van der Waals surface area contributed by atoms with Crippen LogP contribution in [0, 0.1) is 5.92 Å². The zero-order valence-electron chi connectivity index (χ0n) is 30.2. The number of aliphatic hydroxyl groups is 1. The van der Waals surface area contributed by atoms with Crippen molar-refractivity contribution in [2.75, 3.05) is 21.3 Å². The molecule has 1 N–H and O–H groups in total. The summed E-state index contributed by atoms with van der Waals surface area (Å²) < 4.78 is 38.0. The van der Waals surface area contributed by atoms with E-state index < -0.39 is 14.4 Å². The van der Waals surface area contributed by atoms with Gasteiger partial charge in [0.15, 0.2) is 8.32 Å². The molecular formula is C37H58O7Si. The van der Waals surface area contributed by atoms with E-state index in [1.165, 1.54) is 0 Å². The Morgan fingerprint density at radius 1 is 0.822 bits per heavy atom. The molecule has 3 aromatic rings. The molecule has 0 radical (unpaired) electrons. The number of ether oxygens (including phenoxy) is 5. The van der Waals surface area contributed by atoms with E-state index in [-0.39, 0.29) is 35.9 Å². The second kappa shape index (κ2) is 14.9. The van der Waals surface area contributed by atoms with Crippen LogP contribution in [-0.4, -0.2) is 53.1 Å². The van der Waals surface area contributed by atoms with Crippen LogP contribution in [0.3, 0.4) is 0 Å². The van der Waals surface area contributed by atoms with Crippen LogP contribution in [0.1, 0.15) is 92.4 Å². The topological polar surface area (TPSA) is 75.6 Å². The van der Waals surface area contributed by atoms with Gasteiger partial charge in [-0.3, -0.25) is 0 Å². The highest BCUT2D eigenvalue weighted by atomic mass is 28.4. The molecule has 0 aliphatic heterocycles. The monoisotopic (exact) mass is 642 g/mol. The largest absolute Gasteiger partial charge is 0.495 e. The Labute approximate surface area is 272 Å². The summed E-state index contributed by atoms with van der Waals surface area (Å²) in [6.07, 6.45) is 0.119. The van der Waals surface area contributed by atoms with Crippen LogP contribution in [0.25, 0.3) is 21.5 Å². The molecule has 0 saturated heterocycles. The van der Waals surface area contributed by atoms with Gasteiger partial charge in [-0.2, -0.15) is 0 Å². The van der Waals surface area contributed by atoms with Gasteiger partial charge >= 0.3 is 0 Å². The van der Waals surface area contributed by atoms with Gasteiger partial charge < -0.3 is 33.2 Å². The molecule has 0 spiro atoms. The maximum atomic E-state index is 12.3. The predicted octanol–water partition coefficient (Wildman–Crippen LogP) is 9.59. The number of aliphatic hydroxyl groups excluding tert-OH is 1. The quantitative estimate of drug-likeness (QED) is 0.131. The minimum absolute atomic E-state index is 0.0421. The van der Waals surface area contributed by atoms with E-state index in [1.54, 1.807) is 21.3 Å². The lowest BCUT2D eigenvalue weighted by atomic mass is 9.88. The molecule has 3 atom stereocenters. The summed E-state index contributed by atoms with van der Waals surface area (Å²) in [6, 6.07) is 7.97. The Morgan fingerprint density at radius 3 is 1.96 bits per heavy atom. The fraction of sp³-hybridized carbons (Fsp3) is 0.622. The maximum Gasteiger partial charge on any atom is 0.192 e. The number of benzene rings is 3. The van der Waals surface area contributed by atoms with Crippen LogP contribution in [-0.2, 0) is 15.8 Å². The second-order valence-electron chi connectivity index (χ2n) is 14.3. The number of hydrogen-bond donors (Lipinski definition) is 1. The molecule has 7 nitrogen and oxygen atoms in total. The van der Waals surface area contributed by atoms with Gasteiger partial charge in [-0.25, -0.2) is 0 Å². The Kier molecular flexibility index (Phi) is 12.3. The average Bonchev–Trinajstić information content (AvgIpc) is 2.94. The third kappa shape index (κ3) is 7.90. The van der Waals surface area contributed by atoms with Crippen molar-refractivity contribution in [3.8, 4) is 23.0 Å². The lowest BCUT2D eigenvalue weighted by molar-refractivity contribution is 0.0513. The van der Waals surface area contributed by atoms with E-state index in [2.05, 4.69) is 47.7 Å². The molecule has 3 rings (SSSR count). The third-order valence-electron chi connectivity index (χ3n) is 9.12. The Bertz CT molecular complexity index is 1440. The molecule has 8 heteroatoms. The lowest BCUT2D eigenvalue weighted by Gasteiger charge is -2.41. The van der Waals surface area contributed by atoms with Gasteiger partial charge in [0.05, 0.1) is 56.0 Å². The molecule has 45 heavy (non-hydrogen) atoms. The first-order valence-electron chi connectivity index (χ1n) is 16.4. The fourth-order valence-corrected chi connectivity index (χ4v) is 7.12. The standard InChI is InChI=1S/C37H58O7Si/c1-15-24(6)30(44-45(13,14)37(7,8)9)20-28(38)31-25(21-39-10)19-27-33(36(31)43-23(4)5)35(41-12)32-26(34(27)40-11)17-16-18-29(32)42-22(2)3/h16-19,22-24,28,30,38H,15,20-21H2,1-14H3/t24-,28?,30?/m0/s1. The Balaban J connectivity index is 2.44. The molecule has 3 aromatic carbocycles. The highest BCUT2D eigenvalue weighted by Crippen LogP contribution is 2.53. The molecule has 0 fully saturated rings. The second-order valence-corrected chi connectivity index (χ2v) is 19.0. The van der Waals surface area contributed by atoms with Crippen LogP contribution in [0.2, 0.25) is 18.1 Å². The van der Waals surface area contributed by atoms with Crippen LogP contribution in [0.4, 0.5) is 0 Å². The van der Waals surface area contributed by atoms with Crippen molar-refractivity contribution < 1.29 is 33.2 Å². The summed E-state index contributed by atoms with van der Waals surface area (Å²) in [7, 11) is 2.88. The van der Waals surface area contributed by atoms with E-state index in [1.807, 2.05) is 52.0 Å². The summed E-state index contributed by atoms with van der Waals surface area (Å²) in [5.74, 6) is 2.80. The van der Waals surface area contributed by atoms with Gasteiger partial charge in [-0.05, 0) is 69.4 Å². The van der Waals surface area contributed by atoms with Crippen LogP contribution < -0.4 is 18.9 Å². The molecular weight excluding hydrogens is 584 g/mol. The maximum absolute atomic E-state index is 12.3. The van der Waals surface area contributed by atoms with Crippen molar-refractivity contribution in [2.45, 2.75) is 124 Å². The molecule has 0 amide bonds. The van der Waals surface area contributed by atoms with Gasteiger partial charge in [0.1, 0.15) is 23.0 Å². The first kappa shape index (κ1) is 36.9. The van der Waals surface area contributed by atoms with Gasteiger partial charge in [0.25, 0.3) is 0 Å². The molecule has 0 aliphatic rings. The van der Waals surface area contributed by atoms with Gasteiger partial charge in [0.2, 0.25) is 0 Å². The third-order valence-corrected chi connectivity index (χ3v) is 13.6. The lowest BCUT2D eigenvalue weighted by Crippen LogP contribution is -2.45. The summed E-state index contributed by atoms with van der Waals surface area (Å²) in [6.45, 7) is 24.0. The zero-order valence-corrected chi connectivity index (χ0v) is 31.2. The van der Waals surface area contributed by atoms with E-state index in [4.69, 9.17) is 28.1 Å². The smallest absolute Gasteiger partial charge is 0.192 e. The first-order valence-corrected chi connectivity index (χ1v) is 19.3. The van der Waals surface area contributed by atoms with E-state index >= 15 is 0 Å². The minimum atomic E-state index is -2.12. The van der Waals surface area contributed by atoms with Crippen molar-refractivity contribution in [3.63, 3.8) is 0 Å². The fourth-order valence-electron chi connectivity index (χ4n) is 5.68. The summed E-state index contributed by atoms with van der Waals surface area (Å²) in [5, 5.41) is 15.5. The van der Waals surface area contributed by atoms with Gasteiger partial charge in [-0.1, -0.05) is 53.2 Å². The molecule has 0 saturated carbocycles. The molecule has 0 heterocycles. The number of fused-ring (bicyclic) bond motifs is 2. The molecule has 0 bridgehead atoms. The van der Waals surface area contributed by atoms with Crippen molar-refractivity contribution in [1.29, 1.82) is 0 Å². The number of hydrogen-bond acceptors (Lipinski definition) is 7. The zero-order chi connectivity index (χ0) is 33.9. The van der Waals surface area contributed by atoms with Crippen molar-refractivity contribution in [1.82, 2.24) is 0 Å².